The molecule has 2 aromatic rings. The Morgan fingerprint density at radius 3 is 2.70 bits per heavy atom. The molecule has 0 radical (unpaired) electrons. The molecule has 1 aliphatic carbocycles. The molecule has 27 heavy (non-hydrogen) atoms. The van der Waals surface area contributed by atoms with Crippen molar-refractivity contribution in [2.45, 2.75) is 76.4 Å². The maximum Gasteiger partial charge on any atom is 0.224 e. The van der Waals surface area contributed by atoms with Crippen molar-refractivity contribution in [2.75, 3.05) is 25.0 Å². The second-order valence-corrected chi connectivity index (χ2v) is 8.19. The van der Waals surface area contributed by atoms with Crippen LogP contribution < -0.4 is 10.6 Å². The highest BCUT2D eigenvalue weighted by Crippen LogP contribution is 2.37. The Labute approximate surface area is 161 Å². The topological polar surface area (TPSA) is 75.0 Å². The first-order valence-electron chi connectivity index (χ1n) is 10.8. The number of hydrogen-bond donors (Lipinski definition) is 3. The summed E-state index contributed by atoms with van der Waals surface area (Å²) in [7, 11) is 0. The van der Waals surface area contributed by atoms with Gasteiger partial charge < -0.3 is 20.3 Å². The Bertz CT molecular complexity index is 744. The molecule has 1 saturated carbocycles. The number of fused-ring (bicyclic) bond motifs is 1. The molecule has 2 fully saturated rings. The zero-order valence-corrected chi connectivity index (χ0v) is 16.5. The van der Waals surface area contributed by atoms with Crippen molar-refractivity contribution in [3.05, 3.63) is 18.0 Å². The molecule has 6 heteroatoms. The fourth-order valence-electron chi connectivity index (χ4n) is 4.59. The number of aliphatic hydroxyl groups is 1. The van der Waals surface area contributed by atoms with Gasteiger partial charge >= 0.3 is 0 Å². The first kappa shape index (κ1) is 18.7. The van der Waals surface area contributed by atoms with Crippen LogP contribution in [0.25, 0.3) is 11.0 Å². The third-order valence-corrected chi connectivity index (χ3v) is 6.25. The number of nitrogens with one attached hydrogen (secondary N) is 2. The Morgan fingerprint density at radius 2 is 1.96 bits per heavy atom. The van der Waals surface area contributed by atoms with Crippen LogP contribution in [0.2, 0.25) is 0 Å². The van der Waals surface area contributed by atoms with Gasteiger partial charge in [0.15, 0.2) is 0 Å². The molecule has 1 saturated heterocycles. The second kappa shape index (κ2) is 8.57. The summed E-state index contributed by atoms with van der Waals surface area (Å²) < 4.78 is 2.39. The molecular weight excluding hydrogens is 338 g/mol. The zero-order chi connectivity index (χ0) is 18.6. The van der Waals surface area contributed by atoms with Gasteiger partial charge in [-0.25, -0.2) is 4.98 Å². The van der Waals surface area contributed by atoms with E-state index in [1.807, 2.05) is 6.20 Å². The Hall–Kier alpha value is -1.66. The van der Waals surface area contributed by atoms with Gasteiger partial charge in [0.1, 0.15) is 5.65 Å². The second-order valence-electron chi connectivity index (χ2n) is 8.19. The first-order chi connectivity index (χ1) is 13.3. The molecule has 1 aliphatic heterocycles. The van der Waals surface area contributed by atoms with E-state index in [1.165, 1.54) is 23.8 Å². The largest absolute Gasteiger partial charge is 0.393 e. The van der Waals surface area contributed by atoms with Crippen LogP contribution in [0, 0.1) is 0 Å². The van der Waals surface area contributed by atoms with Crippen molar-refractivity contribution in [1.29, 1.82) is 0 Å². The number of anilines is 1. The Morgan fingerprint density at radius 1 is 1.19 bits per heavy atom. The zero-order valence-electron chi connectivity index (χ0n) is 16.5. The Kier molecular flexibility index (Phi) is 5.93. The van der Waals surface area contributed by atoms with E-state index in [9.17, 15) is 5.11 Å². The predicted octanol–water partition coefficient (Wildman–Crippen LogP) is 3.59. The minimum Gasteiger partial charge on any atom is -0.393 e. The van der Waals surface area contributed by atoms with Crippen LogP contribution in [0.15, 0.2) is 12.4 Å². The van der Waals surface area contributed by atoms with Crippen molar-refractivity contribution < 1.29 is 5.11 Å². The summed E-state index contributed by atoms with van der Waals surface area (Å²) in [5.41, 5.74) is 2.48. The van der Waals surface area contributed by atoms with Crippen LogP contribution in [0.4, 0.5) is 5.95 Å². The molecule has 0 spiro atoms. The number of aromatic nitrogens is 3. The minimum absolute atomic E-state index is 0.132. The van der Waals surface area contributed by atoms with Crippen LogP contribution in [0.3, 0.4) is 0 Å². The van der Waals surface area contributed by atoms with Gasteiger partial charge in [-0.05, 0) is 69.5 Å². The van der Waals surface area contributed by atoms with E-state index in [2.05, 4.69) is 33.3 Å². The van der Waals surface area contributed by atoms with Gasteiger partial charge in [-0.1, -0.05) is 13.3 Å². The van der Waals surface area contributed by atoms with Gasteiger partial charge in [0, 0.05) is 30.4 Å². The van der Waals surface area contributed by atoms with Gasteiger partial charge in [-0.2, -0.15) is 4.98 Å². The molecule has 148 valence electrons. The highest BCUT2D eigenvalue weighted by molar-refractivity contribution is 5.81. The number of nitrogens with zero attached hydrogens (tertiary/aromatic N) is 3. The summed E-state index contributed by atoms with van der Waals surface area (Å²) in [5.74, 6) is 1.33. The fraction of sp³-hybridized carbons (Fsp3) is 0.714. The summed E-state index contributed by atoms with van der Waals surface area (Å²) in [4.78, 5) is 9.53. The molecule has 2 aliphatic rings. The van der Waals surface area contributed by atoms with Crippen molar-refractivity contribution >= 4 is 17.0 Å². The fourth-order valence-corrected chi connectivity index (χ4v) is 4.59. The maximum atomic E-state index is 9.91. The summed E-state index contributed by atoms with van der Waals surface area (Å²) in [6.45, 7) is 5.29. The summed E-state index contributed by atoms with van der Waals surface area (Å²) in [6, 6.07) is 0.435. The summed E-state index contributed by atoms with van der Waals surface area (Å²) >= 11 is 0. The van der Waals surface area contributed by atoms with Crippen molar-refractivity contribution in [2.24, 2.45) is 0 Å². The van der Waals surface area contributed by atoms with Gasteiger partial charge in [-0.15, -0.1) is 0 Å². The highest BCUT2D eigenvalue weighted by atomic mass is 16.3. The molecule has 2 aromatic heterocycles. The number of hydrogen-bond acceptors (Lipinski definition) is 5. The molecule has 0 aromatic carbocycles. The lowest BCUT2D eigenvalue weighted by Crippen LogP contribution is -2.26. The standard InChI is InChI=1S/C21H33N5O/c1-2-3-10-23-21-24-13-18-19(15-8-11-22-12-9-15)14-26(20(18)25-21)16-4-6-17(27)7-5-16/h13-17,22,27H,2-12H2,1H3,(H,23,24,25). The molecule has 3 N–H and O–H groups in total. The van der Waals surface area contributed by atoms with E-state index in [4.69, 9.17) is 4.98 Å². The van der Waals surface area contributed by atoms with Crippen molar-refractivity contribution in [3.63, 3.8) is 0 Å². The lowest BCUT2D eigenvalue weighted by atomic mass is 9.90. The van der Waals surface area contributed by atoms with Crippen LogP contribution in [0.5, 0.6) is 0 Å². The molecule has 0 atom stereocenters. The van der Waals surface area contributed by atoms with Crippen LogP contribution in [-0.2, 0) is 0 Å². The van der Waals surface area contributed by atoms with Crippen molar-refractivity contribution in [3.8, 4) is 0 Å². The molecule has 0 unspecified atom stereocenters. The first-order valence-corrected chi connectivity index (χ1v) is 10.8. The third-order valence-electron chi connectivity index (χ3n) is 6.25. The monoisotopic (exact) mass is 371 g/mol. The number of piperidine rings is 1. The molecular formula is C21H33N5O. The van der Waals surface area contributed by atoms with E-state index < -0.39 is 0 Å². The average molecular weight is 372 g/mol. The SMILES string of the molecule is CCCCNc1ncc2c(C3CCNCC3)cn(C3CCC(O)CC3)c2n1. The van der Waals surface area contributed by atoms with Crippen LogP contribution in [0.1, 0.15) is 75.8 Å². The smallest absolute Gasteiger partial charge is 0.224 e. The molecule has 3 heterocycles. The quantitative estimate of drug-likeness (QED) is 0.677. The van der Waals surface area contributed by atoms with Gasteiger partial charge in [0.05, 0.1) is 6.10 Å². The lowest BCUT2D eigenvalue weighted by molar-refractivity contribution is 0.111. The maximum absolute atomic E-state index is 9.91. The molecule has 4 rings (SSSR count). The molecule has 0 amide bonds. The summed E-state index contributed by atoms with van der Waals surface area (Å²) in [6.07, 6.45) is 12.7. The third kappa shape index (κ3) is 4.11. The van der Waals surface area contributed by atoms with E-state index in [0.717, 1.165) is 69.8 Å². The summed E-state index contributed by atoms with van der Waals surface area (Å²) in [5, 5.41) is 18.0. The minimum atomic E-state index is -0.132. The van der Waals surface area contributed by atoms with E-state index >= 15 is 0 Å². The van der Waals surface area contributed by atoms with Gasteiger partial charge in [0.2, 0.25) is 5.95 Å². The highest BCUT2D eigenvalue weighted by Gasteiger charge is 2.26. The van der Waals surface area contributed by atoms with E-state index in [1.54, 1.807) is 0 Å². The van der Waals surface area contributed by atoms with Crippen LogP contribution >= 0.6 is 0 Å². The number of aliphatic hydroxyl groups excluding tert-OH is 1. The molecule has 0 bridgehead atoms. The van der Waals surface area contributed by atoms with E-state index in [0.29, 0.717) is 12.0 Å². The van der Waals surface area contributed by atoms with E-state index in [-0.39, 0.29) is 6.10 Å². The average Bonchev–Trinajstić information content (AvgIpc) is 3.08. The lowest BCUT2D eigenvalue weighted by Gasteiger charge is -2.27. The number of unbranched alkanes of at least 4 members (excludes halogenated alkanes) is 1. The predicted molar refractivity (Wildman–Crippen MR) is 109 cm³/mol. The Balaban J connectivity index is 1.68. The molecule has 6 nitrogen and oxygen atoms in total. The normalized spacial score (nSPS) is 24.4. The number of rotatable bonds is 6. The van der Waals surface area contributed by atoms with Gasteiger partial charge in [0.25, 0.3) is 0 Å². The van der Waals surface area contributed by atoms with Gasteiger partial charge in [-0.3, -0.25) is 0 Å². The van der Waals surface area contributed by atoms with Crippen molar-refractivity contribution in [1.82, 2.24) is 19.9 Å². The van der Waals surface area contributed by atoms with Crippen LogP contribution in [-0.4, -0.2) is 45.4 Å².